The average molecular weight is 210 g/mol. The Bertz CT molecular complexity index is 365. The van der Waals surface area contributed by atoms with Crippen molar-refractivity contribution in [3.8, 4) is 6.07 Å². The second-order valence-electron chi connectivity index (χ2n) is 2.49. The predicted molar refractivity (Wildman–Crippen MR) is 56.7 cm³/mol. The molecule has 0 radical (unpaired) electrons. The average Bonchev–Trinajstić information content (AvgIpc) is 2.14. The van der Waals surface area contributed by atoms with Crippen LogP contribution in [-0.2, 0) is 0 Å². The number of allylic oxidation sites excluding steroid dienone is 1. The summed E-state index contributed by atoms with van der Waals surface area (Å²) >= 11 is 7.29. The highest BCUT2D eigenvalue weighted by Crippen LogP contribution is 2.23. The monoisotopic (exact) mass is 209 g/mol. The van der Waals surface area contributed by atoms with E-state index >= 15 is 0 Å². The van der Waals surface area contributed by atoms with Gasteiger partial charge in [-0.05, 0) is 30.5 Å². The maximum Gasteiger partial charge on any atom is 0.0949 e. The molecule has 0 amide bonds. The van der Waals surface area contributed by atoms with Crippen molar-refractivity contribution in [3.05, 3.63) is 40.3 Å². The van der Waals surface area contributed by atoms with Gasteiger partial charge in [-0.1, -0.05) is 29.4 Å². The van der Waals surface area contributed by atoms with E-state index in [1.807, 2.05) is 29.7 Å². The summed E-state index contributed by atoms with van der Waals surface area (Å²) in [5, 5.41) is 11.0. The lowest BCUT2D eigenvalue weighted by atomic mass is 10.4. The van der Waals surface area contributed by atoms with E-state index in [2.05, 4.69) is 6.07 Å². The molecule has 1 aromatic carbocycles. The molecule has 0 aliphatic rings. The van der Waals surface area contributed by atoms with E-state index in [0.29, 0.717) is 10.6 Å². The lowest BCUT2D eigenvalue weighted by Gasteiger charge is -1.95. The Hall–Kier alpha value is -0.910. The minimum absolute atomic E-state index is 0.699. The second kappa shape index (κ2) is 4.96. The quantitative estimate of drug-likeness (QED) is 0.546. The second-order valence-corrected chi connectivity index (χ2v) is 3.87. The van der Waals surface area contributed by atoms with Crippen LogP contribution in [0.15, 0.2) is 40.1 Å². The molecule has 0 unspecified atom stereocenters. The lowest BCUT2D eigenvalue weighted by molar-refractivity contribution is 1.45. The van der Waals surface area contributed by atoms with Gasteiger partial charge in [-0.15, -0.1) is 0 Å². The van der Waals surface area contributed by atoms with Gasteiger partial charge in [0.2, 0.25) is 0 Å². The molecular weight excluding hydrogens is 202 g/mol. The van der Waals surface area contributed by atoms with Gasteiger partial charge in [0.05, 0.1) is 6.07 Å². The lowest BCUT2D eigenvalue weighted by Crippen LogP contribution is -1.69. The predicted octanol–water partition coefficient (Wildman–Crippen LogP) is 3.86. The van der Waals surface area contributed by atoms with E-state index in [4.69, 9.17) is 16.9 Å². The van der Waals surface area contributed by atoms with Gasteiger partial charge in [-0.25, -0.2) is 0 Å². The molecule has 66 valence electrons. The Morgan fingerprint density at radius 2 is 2.38 bits per heavy atom. The fourth-order valence-electron chi connectivity index (χ4n) is 0.723. The molecule has 0 saturated carbocycles. The maximum absolute atomic E-state index is 8.51. The molecule has 0 heterocycles. The number of nitriles is 1. The van der Waals surface area contributed by atoms with Crippen molar-refractivity contribution >= 4 is 23.4 Å². The van der Waals surface area contributed by atoms with Gasteiger partial charge >= 0.3 is 0 Å². The van der Waals surface area contributed by atoms with Crippen molar-refractivity contribution < 1.29 is 0 Å². The molecule has 0 aliphatic heterocycles. The summed E-state index contributed by atoms with van der Waals surface area (Å²) in [7, 11) is 0. The van der Waals surface area contributed by atoms with Gasteiger partial charge in [0.25, 0.3) is 0 Å². The SMILES string of the molecule is CC(C#N)=CSc1cccc(Cl)c1. The van der Waals surface area contributed by atoms with Crippen molar-refractivity contribution in [2.24, 2.45) is 0 Å². The summed E-state index contributed by atoms with van der Waals surface area (Å²) in [5.74, 6) is 0. The molecule has 0 spiro atoms. The molecule has 1 aromatic rings. The highest BCUT2D eigenvalue weighted by atomic mass is 35.5. The molecule has 13 heavy (non-hydrogen) atoms. The molecule has 1 rings (SSSR count). The summed E-state index contributed by atoms with van der Waals surface area (Å²) in [6, 6.07) is 9.60. The molecule has 0 fully saturated rings. The number of hydrogen-bond acceptors (Lipinski definition) is 2. The highest BCUT2D eigenvalue weighted by Gasteiger charge is 1.92. The van der Waals surface area contributed by atoms with E-state index in [1.54, 1.807) is 6.92 Å². The Labute approximate surface area is 87.0 Å². The van der Waals surface area contributed by atoms with Crippen LogP contribution in [0.5, 0.6) is 0 Å². The highest BCUT2D eigenvalue weighted by molar-refractivity contribution is 8.02. The van der Waals surface area contributed by atoms with E-state index in [0.717, 1.165) is 4.90 Å². The van der Waals surface area contributed by atoms with Crippen LogP contribution in [-0.4, -0.2) is 0 Å². The van der Waals surface area contributed by atoms with Gasteiger partial charge in [0, 0.05) is 15.5 Å². The maximum atomic E-state index is 8.51. The zero-order valence-electron chi connectivity index (χ0n) is 7.12. The number of rotatable bonds is 2. The minimum atomic E-state index is 0.699. The van der Waals surface area contributed by atoms with Gasteiger partial charge in [-0.2, -0.15) is 5.26 Å². The first-order chi connectivity index (χ1) is 6.22. The summed E-state index contributed by atoms with van der Waals surface area (Å²) in [5.41, 5.74) is 0.699. The largest absolute Gasteiger partial charge is 0.193 e. The molecule has 0 atom stereocenters. The first kappa shape index (κ1) is 10.2. The number of hydrogen-bond donors (Lipinski definition) is 0. The van der Waals surface area contributed by atoms with Crippen LogP contribution >= 0.6 is 23.4 Å². The van der Waals surface area contributed by atoms with Crippen LogP contribution < -0.4 is 0 Å². The molecule has 3 heteroatoms. The Kier molecular flexibility index (Phi) is 3.88. The Morgan fingerprint density at radius 1 is 1.62 bits per heavy atom. The third-order valence-electron chi connectivity index (χ3n) is 1.34. The number of halogens is 1. The van der Waals surface area contributed by atoms with Gasteiger partial charge in [-0.3, -0.25) is 0 Å². The zero-order valence-corrected chi connectivity index (χ0v) is 8.69. The van der Waals surface area contributed by atoms with Crippen molar-refractivity contribution in [1.82, 2.24) is 0 Å². The summed E-state index contributed by atoms with van der Waals surface area (Å²) in [4.78, 5) is 1.04. The van der Waals surface area contributed by atoms with Crippen LogP contribution in [0.25, 0.3) is 0 Å². The summed E-state index contributed by atoms with van der Waals surface area (Å²) < 4.78 is 0. The number of thioether (sulfide) groups is 1. The van der Waals surface area contributed by atoms with Crippen molar-refractivity contribution in [2.75, 3.05) is 0 Å². The van der Waals surface area contributed by atoms with Crippen LogP contribution in [0.3, 0.4) is 0 Å². The Balaban J connectivity index is 2.71. The van der Waals surface area contributed by atoms with Crippen molar-refractivity contribution in [1.29, 1.82) is 5.26 Å². The number of nitrogens with zero attached hydrogens (tertiary/aromatic N) is 1. The molecule has 0 aliphatic carbocycles. The first-order valence-corrected chi connectivity index (χ1v) is 4.97. The van der Waals surface area contributed by atoms with Crippen molar-refractivity contribution in [2.45, 2.75) is 11.8 Å². The van der Waals surface area contributed by atoms with E-state index in [-0.39, 0.29) is 0 Å². The van der Waals surface area contributed by atoms with Crippen LogP contribution in [0.4, 0.5) is 0 Å². The third-order valence-corrected chi connectivity index (χ3v) is 2.58. The minimum Gasteiger partial charge on any atom is -0.193 e. The van der Waals surface area contributed by atoms with Gasteiger partial charge < -0.3 is 0 Å². The molecule has 0 saturated heterocycles. The molecule has 1 nitrogen and oxygen atoms in total. The first-order valence-electron chi connectivity index (χ1n) is 3.71. The van der Waals surface area contributed by atoms with E-state index < -0.39 is 0 Å². The van der Waals surface area contributed by atoms with Crippen molar-refractivity contribution in [3.63, 3.8) is 0 Å². The zero-order chi connectivity index (χ0) is 9.68. The number of benzene rings is 1. The fourth-order valence-corrected chi connectivity index (χ4v) is 1.70. The summed E-state index contributed by atoms with van der Waals surface area (Å²) in [6.07, 6.45) is 0. The topological polar surface area (TPSA) is 23.8 Å². The Morgan fingerprint density at radius 3 is 3.00 bits per heavy atom. The fraction of sp³-hybridized carbons (Fsp3) is 0.100. The normalized spacial score (nSPS) is 11.0. The smallest absolute Gasteiger partial charge is 0.0949 e. The molecule has 0 aromatic heterocycles. The van der Waals surface area contributed by atoms with E-state index in [1.165, 1.54) is 11.8 Å². The van der Waals surface area contributed by atoms with Gasteiger partial charge in [0.1, 0.15) is 0 Å². The third kappa shape index (κ3) is 3.54. The van der Waals surface area contributed by atoms with Gasteiger partial charge in [0.15, 0.2) is 0 Å². The molecular formula is C10H8ClNS. The standard InChI is InChI=1S/C10H8ClNS/c1-8(6-12)7-13-10-4-2-3-9(11)5-10/h2-5,7H,1H3. The van der Waals surface area contributed by atoms with Crippen LogP contribution in [0, 0.1) is 11.3 Å². The van der Waals surface area contributed by atoms with E-state index in [9.17, 15) is 0 Å². The van der Waals surface area contributed by atoms with Crippen LogP contribution in [0.2, 0.25) is 5.02 Å². The molecule has 0 bridgehead atoms. The molecule has 0 N–H and O–H groups in total. The summed E-state index contributed by atoms with van der Waals surface area (Å²) in [6.45, 7) is 1.78. The van der Waals surface area contributed by atoms with Crippen LogP contribution in [0.1, 0.15) is 6.92 Å².